The maximum atomic E-state index is 13.6. The van der Waals surface area contributed by atoms with Crippen molar-refractivity contribution in [1.82, 2.24) is 10.2 Å². The Labute approximate surface area is 254 Å². The third-order valence-electron chi connectivity index (χ3n) is 7.00. The molecule has 2 amide bonds. The number of aliphatic hydroxyl groups excluding tert-OH is 2. The van der Waals surface area contributed by atoms with Crippen LogP contribution in [0.1, 0.15) is 67.8 Å². The highest BCUT2D eigenvalue weighted by atomic mass is 127. The van der Waals surface area contributed by atoms with Gasteiger partial charge in [0.25, 0.3) is 0 Å². The van der Waals surface area contributed by atoms with Gasteiger partial charge in [-0.25, -0.2) is 0 Å². The maximum absolute atomic E-state index is 13.6. The molecular formula is C30H39IN2O8. The smallest absolute Gasteiger partial charge is 0.247 e. The fourth-order valence-corrected chi connectivity index (χ4v) is 5.58. The SMILES string of the molecule is CCCCCCCC(=O)N(Cc1ccoc1)[C@@H]1CC(C(=O)NCCO)=C[C@H](Oc2c(I)cc(C=O)cc2OC)[C@H]1O. The lowest BCUT2D eigenvalue weighted by atomic mass is 9.87. The largest absolute Gasteiger partial charge is 0.493 e. The first-order valence-corrected chi connectivity index (χ1v) is 15.0. The first-order valence-electron chi connectivity index (χ1n) is 13.9. The summed E-state index contributed by atoms with van der Waals surface area (Å²) in [4.78, 5) is 39.6. The number of rotatable bonds is 16. The molecule has 0 radical (unpaired) electrons. The van der Waals surface area contributed by atoms with Gasteiger partial charge in [0.05, 0.1) is 35.9 Å². The van der Waals surface area contributed by atoms with E-state index in [1.54, 1.807) is 29.4 Å². The van der Waals surface area contributed by atoms with Crippen LogP contribution < -0.4 is 14.8 Å². The average molecular weight is 683 g/mol. The summed E-state index contributed by atoms with van der Waals surface area (Å²) in [5.74, 6) is 0.0487. The third-order valence-corrected chi connectivity index (χ3v) is 7.81. The predicted molar refractivity (Wildman–Crippen MR) is 161 cm³/mol. The molecule has 0 aliphatic heterocycles. The van der Waals surface area contributed by atoms with Gasteiger partial charge in [0.2, 0.25) is 11.8 Å². The van der Waals surface area contributed by atoms with Crippen LogP contribution in [0.5, 0.6) is 11.5 Å². The van der Waals surface area contributed by atoms with E-state index in [0.29, 0.717) is 38.9 Å². The number of aldehydes is 1. The summed E-state index contributed by atoms with van der Waals surface area (Å²) in [6.07, 6.45) is 8.44. The van der Waals surface area contributed by atoms with Gasteiger partial charge in [0, 0.05) is 42.6 Å². The van der Waals surface area contributed by atoms with Crippen molar-refractivity contribution >= 4 is 40.7 Å². The number of unbranched alkanes of at least 4 members (excludes halogenated alkanes) is 4. The molecule has 0 saturated carbocycles. The highest BCUT2D eigenvalue weighted by molar-refractivity contribution is 14.1. The number of methoxy groups -OCH3 is 1. The Morgan fingerprint density at radius 2 is 2.02 bits per heavy atom. The van der Waals surface area contributed by atoms with Crippen molar-refractivity contribution in [1.29, 1.82) is 0 Å². The molecule has 41 heavy (non-hydrogen) atoms. The summed E-state index contributed by atoms with van der Waals surface area (Å²) in [5, 5.41) is 23.5. The molecule has 1 aromatic carbocycles. The highest BCUT2D eigenvalue weighted by Gasteiger charge is 2.41. The van der Waals surface area contributed by atoms with Gasteiger partial charge in [-0.15, -0.1) is 0 Å². The van der Waals surface area contributed by atoms with Gasteiger partial charge in [-0.1, -0.05) is 32.6 Å². The van der Waals surface area contributed by atoms with E-state index in [2.05, 4.69) is 12.2 Å². The first kappa shape index (κ1) is 32.6. The quantitative estimate of drug-likeness (QED) is 0.137. The van der Waals surface area contributed by atoms with Crippen LogP contribution in [0, 0.1) is 3.57 Å². The summed E-state index contributed by atoms with van der Waals surface area (Å²) in [7, 11) is 1.45. The normalized spacial score (nSPS) is 18.4. The van der Waals surface area contributed by atoms with E-state index in [0.717, 1.165) is 37.7 Å². The molecule has 0 spiro atoms. The summed E-state index contributed by atoms with van der Waals surface area (Å²) in [5.41, 5.74) is 1.48. The van der Waals surface area contributed by atoms with E-state index in [-0.39, 0.29) is 32.0 Å². The van der Waals surface area contributed by atoms with Crippen molar-refractivity contribution in [3.63, 3.8) is 0 Å². The maximum Gasteiger partial charge on any atom is 0.247 e. The molecule has 11 heteroatoms. The van der Waals surface area contributed by atoms with E-state index < -0.39 is 24.2 Å². The number of nitrogens with zero attached hydrogens (tertiary/aromatic N) is 1. The Morgan fingerprint density at radius 3 is 2.68 bits per heavy atom. The van der Waals surface area contributed by atoms with Crippen LogP contribution in [0.3, 0.4) is 0 Å². The van der Waals surface area contributed by atoms with E-state index >= 15 is 0 Å². The number of benzene rings is 1. The van der Waals surface area contributed by atoms with Gasteiger partial charge >= 0.3 is 0 Å². The monoisotopic (exact) mass is 682 g/mol. The lowest BCUT2D eigenvalue weighted by Gasteiger charge is -2.40. The minimum absolute atomic E-state index is 0.0588. The van der Waals surface area contributed by atoms with Crippen molar-refractivity contribution < 1.29 is 38.5 Å². The molecule has 0 saturated heterocycles. The third kappa shape index (κ3) is 9.04. The molecule has 3 atom stereocenters. The van der Waals surface area contributed by atoms with Crippen LogP contribution >= 0.6 is 22.6 Å². The minimum Gasteiger partial charge on any atom is -0.493 e. The Kier molecular flexibility index (Phi) is 13.1. The Bertz CT molecular complexity index is 1180. The molecule has 10 nitrogen and oxygen atoms in total. The molecule has 2 aromatic rings. The standard InChI is InChI=1S/C30H39IN2O8/c1-3-4-5-6-7-8-27(36)33(17-20-9-12-40-19-20)24-15-22(30(38)32-10-11-34)16-25(28(24)37)41-29-23(31)13-21(18-35)14-26(29)39-2/h9,12-14,16,18-19,24-25,28,34,37H,3-8,10-11,15,17H2,1-2H3,(H,32,38)/t24-,25+,28+/m1/s1. The molecule has 1 heterocycles. The second-order valence-corrected chi connectivity index (χ2v) is 11.1. The molecule has 1 aliphatic rings. The highest BCUT2D eigenvalue weighted by Crippen LogP contribution is 2.37. The van der Waals surface area contributed by atoms with Gasteiger partial charge in [-0.05, 0) is 53.3 Å². The number of halogens is 1. The lowest BCUT2D eigenvalue weighted by Crippen LogP contribution is -2.54. The lowest BCUT2D eigenvalue weighted by molar-refractivity contribution is -0.139. The zero-order valence-electron chi connectivity index (χ0n) is 23.5. The molecule has 1 aliphatic carbocycles. The van der Waals surface area contributed by atoms with Crippen molar-refractivity contribution in [2.75, 3.05) is 20.3 Å². The van der Waals surface area contributed by atoms with Gasteiger partial charge in [0.15, 0.2) is 11.5 Å². The number of furan rings is 1. The average Bonchev–Trinajstić information content (AvgIpc) is 3.49. The number of nitrogens with one attached hydrogen (secondary N) is 1. The number of hydrogen-bond acceptors (Lipinski definition) is 8. The zero-order valence-corrected chi connectivity index (χ0v) is 25.7. The van der Waals surface area contributed by atoms with E-state index in [1.807, 2.05) is 22.6 Å². The van der Waals surface area contributed by atoms with Crippen LogP contribution in [0.25, 0.3) is 0 Å². The number of hydrogen-bond donors (Lipinski definition) is 3. The van der Waals surface area contributed by atoms with Crippen LogP contribution in [0.2, 0.25) is 0 Å². The van der Waals surface area contributed by atoms with E-state index in [1.165, 1.54) is 19.4 Å². The summed E-state index contributed by atoms with van der Waals surface area (Å²) in [6, 6.07) is 4.14. The number of carbonyl (C=O) groups excluding carboxylic acids is 3. The van der Waals surface area contributed by atoms with Gasteiger partial charge in [-0.2, -0.15) is 0 Å². The fourth-order valence-electron chi connectivity index (χ4n) is 4.83. The number of ether oxygens (including phenoxy) is 2. The Morgan fingerprint density at radius 1 is 1.24 bits per heavy atom. The van der Waals surface area contributed by atoms with Gasteiger partial charge < -0.3 is 34.3 Å². The molecular weight excluding hydrogens is 643 g/mol. The fraction of sp³-hybridized carbons (Fsp3) is 0.500. The molecule has 224 valence electrons. The van der Waals surface area contributed by atoms with Gasteiger partial charge in [-0.3, -0.25) is 14.4 Å². The molecule has 0 bridgehead atoms. The van der Waals surface area contributed by atoms with Crippen LogP contribution in [0.15, 0.2) is 46.8 Å². The van der Waals surface area contributed by atoms with Crippen LogP contribution in [-0.2, 0) is 16.1 Å². The molecule has 0 unspecified atom stereocenters. The first-order chi connectivity index (χ1) is 19.8. The zero-order chi connectivity index (χ0) is 29.8. The van der Waals surface area contributed by atoms with E-state index in [4.69, 9.17) is 13.9 Å². The number of amides is 2. The molecule has 1 aromatic heterocycles. The van der Waals surface area contributed by atoms with Crippen LogP contribution in [-0.4, -0.2) is 71.7 Å². The van der Waals surface area contributed by atoms with Gasteiger partial charge in [0.1, 0.15) is 18.5 Å². The topological polar surface area (TPSA) is 139 Å². The molecule has 0 fully saturated rings. The minimum atomic E-state index is -1.19. The molecule has 3 rings (SSSR count). The van der Waals surface area contributed by atoms with Crippen molar-refractivity contribution in [3.8, 4) is 11.5 Å². The van der Waals surface area contributed by atoms with Crippen molar-refractivity contribution in [2.45, 2.75) is 76.7 Å². The van der Waals surface area contributed by atoms with E-state index in [9.17, 15) is 24.6 Å². The molecule has 3 N–H and O–H groups in total. The Hall–Kier alpha value is -2.90. The van der Waals surface area contributed by atoms with Crippen molar-refractivity contribution in [2.24, 2.45) is 0 Å². The predicted octanol–water partition coefficient (Wildman–Crippen LogP) is 4.01. The summed E-state index contributed by atoms with van der Waals surface area (Å²) in [6.45, 7) is 2.16. The summed E-state index contributed by atoms with van der Waals surface area (Å²) < 4.78 is 17.5. The second-order valence-electron chi connectivity index (χ2n) is 9.99. The van der Waals surface area contributed by atoms with Crippen LogP contribution in [0.4, 0.5) is 0 Å². The Balaban J connectivity index is 1.95. The summed E-state index contributed by atoms with van der Waals surface area (Å²) >= 11 is 2.02. The van der Waals surface area contributed by atoms with Crippen molar-refractivity contribution in [3.05, 3.63) is 57.1 Å². The second kappa shape index (κ2) is 16.5. The number of aliphatic hydroxyl groups is 2. The number of carbonyl (C=O) groups is 3.